The van der Waals surface area contributed by atoms with E-state index in [2.05, 4.69) is 5.32 Å². The van der Waals surface area contributed by atoms with Crippen LogP contribution >= 0.6 is 0 Å². The van der Waals surface area contributed by atoms with Gasteiger partial charge in [0.25, 0.3) is 0 Å². The largest absolute Gasteiger partial charge is 0.497 e. The van der Waals surface area contributed by atoms with E-state index in [1.807, 2.05) is 60.7 Å². The Morgan fingerprint density at radius 3 is 2.67 bits per heavy atom. The molecule has 1 N–H and O–H groups in total. The Balaban J connectivity index is 1.55. The molecule has 2 aromatic heterocycles. The highest BCUT2D eigenvalue weighted by atomic mass is 16.5. The number of rotatable bonds is 6. The van der Waals surface area contributed by atoms with Crippen molar-refractivity contribution in [2.75, 3.05) is 7.11 Å². The minimum absolute atomic E-state index is 0.112. The van der Waals surface area contributed by atoms with Crippen LogP contribution in [0, 0.1) is 0 Å². The predicted molar refractivity (Wildman–Crippen MR) is 102 cm³/mol. The van der Waals surface area contributed by atoms with Gasteiger partial charge in [-0.15, -0.1) is 0 Å². The molecule has 27 heavy (non-hydrogen) atoms. The van der Waals surface area contributed by atoms with E-state index in [9.17, 15) is 4.79 Å². The molecule has 0 fully saturated rings. The van der Waals surface area contributed by atoms with Crippen molar-refractivity contribution in [1.29, 1.82) is 0 Å². The summed E-state index contributed by atoms with van der Waals surface area (Å²) >= 11 is 0. The Bertz CT molecular complexity index is 1030. The molecule has 0 radical (unpaired) electrons. The Hall–Kier alpha value is -3.47. The molecule has 1 amide bonds. The maximum Gasteiger partial charge on any atom is 0.225 e. The summed E-state index contributed by atoms with van der Waals surface area (Å²) in [4.78, 5) is 12.7. The monoisotopic (exact) mass is 361 g/mol. The van der Waals surface area contributed by atoms with Crippen LogP contribution in [-0.4, -0.2) is 13.0 Å². The van der Waals surface area contributed by atoms with Gasteiger partial charge < -0.3 is 18.9 Å². The van der Waals surface area contributed by atoms with Gasteiger partial charge >= 0.3 is 0 Å². The summed E-state index contributed by atoms with van der Waals surface area (Å²) in [5, 5.41) is 3.97. The number of carbonyl (C=O) groups is 1. The number of methoxy groups -OCH3 is 1. The van der Waals surface area contributed by atoms with Crippen LogP contribution in [0.1, 0.15) is 22.9 Å². The Kier molecular flexibility index (Phi) is 4.66. The van der Waals surface area contributed by atoms with E-state index in [1.165, 1.54) is 0 Å². The zero-order valence-electron chi connectivity index (χ0n) is 14.8. The van der Waals surface area contributed by atoms with E-state index in [0.717, 1.165) is 22.3 Å². The summed E-state index contributed by atoms with van der Waals surface area (Å²) in [6.07, 6.45) is 3.44. The van der Waals surface area contributed by atoms with E-state index >= 15 is 0 Å². The number of ether oxygens (including phenoxy) is 1. The Morgan fingerprint density at radius 2 is 1.93 bits per heavy atom. The maximum absolute atomic E-state index is 12.7. The molecule has 4 aromatic rings. The SMILES string of the molecule is COc1ccc2c(CC(=O)N[C@@H](c3ccccc3)c3ccco3)coc2c1. The van der Waals surface area contributed by atoms with Crippen LogP contribution in [0.15, 0.2) is 82.0 Å². The van der Waals surface area contributed by atoms with E-state index in [4.69, 9.17) is 13.6 Å². The van der Waals surface area contributed by atoms with Crippen molar-refractivity contribution >= 4 is 16.9 Å². The molecule has 0 unspecified atom stereocenters. The lowest BCUT2D eigenvalue weighted by Crippen LogP contribution is -2.30. The fraction of sp³-hybridized carbons (Fsp3) is 0.136. The first-order chi connectivity index (χ1) is 13.2. The minimum atomic E-state index is -0.341. The van der Waals surface area contributed by atoms with Crippen LogP contribution in [0.5, 0.6) is 5.75 Å². The third kappa shape index (κ3) is 3.58. The second kappa shape index (κ2) is 7.41. The molecule has 0 spiro atoms. The summed E-state index contributed by atoms with van der Waals surface area (Å²) in [6, 6.07) is 18.7. The van der Waals surface area contributed by atoms with Gasteiger partial charge in [-0.3, -0.25) is 4.79 Å². The smallest absolute Gasteiger partial charge is 0.225 e. The Morgan fingerprint density at radius 1 is 1.07 bits per heavy atom. The highest BCUT2D eigenvalue weighted by molar-refractivity contribution is 5.88. The lowest BCUT2D eigenvalue weighted by atomic mass is 10.0. The molecule has 0 saturated carbocycles. The summed E-state index contributed by atoms with van der Waals surface area (Å²) in [5.41, 5.74) is 2.49. The van der Waals surface area contributed by atoms with Crippen molar-refractivity contribution in [3.8, 4) is 5.75 Å². The number of hydrogen-bond donors (Lipinski definition) is 1. The fourth-order valence-corrected chi connectivity index (χ4v) is 3.13. The van der Waals surface area contributed by atoms with Crippen LogP contribution in [0.4, 0.5) is 0 Å². The number of amides is 1. The first-order valence-corrected chi connectivity index (χ1v) is 8.66. The maximum atomic E-state index is 12.7. The van der Waals surface area contributed by atoms with Gasteiger partial charge in [-0.05, 0) is 29.8 Å². The van der Waals surface area contributed by atoms with E-state index in [-0.39, 0.29) is 18.4 Å². The van der Waals surface area contributed by atoms with Gasteiger partial charge in [0.1, 0.15) is 23.1 Å². The molecular formula is C22H19NO4. The van der Waals surface area contributed by atoms with Crippen molar-refractivity contribution in [2.45, 2.75) is 12.5 Å². The number of nitrogens with one attached hydrogen (secondary N) is 1. The van der Waals surface area contributed by atoms with Gasteiger partial charge in [-0.2, -0.15) is 0 Å². The topological polar surface area (TPSA) is 64.6 Å². The standard InChI is InChI=1S/C22H19NO4/c1-25-17-9-10-18-16(14-27-20(18)13-17)12-21(24)23-22(19-8-5-11-26-19)15-6-3-2-4-7-15/h2-11,13-14,22H,12H2,1H3,(H,23,24)/t22-/m0/s1. The second-order valence-corrected chi connectivity index (χ2v) is 6.23. The van der Waals surface area contributed by atoms with Crippen molar-refractivity contribution in [3.63, 3.8) is 0 Å². The van der Waals surface area contributed by atoms with Gasteiger partial charge in [0.2, 0.25) is 5.91 Å². The number of benzene rings is 2. The van der Waals surface area contributed by atoms with Crippen molar-refractivity contribution in [3.05, 3.63) is 90.1 Å². The van der Waals surface area contributed by atoms with Crippen LogP contribution in [0.3, 0.4) is 0 Å². The average Bonchev–Trinajstić information content (AvgIpc) is 3.37. The summed E-state index contributed by atoms with van der Waals surface area (Å²) in [7, 11) is 1.61. The molecule has 0 aliphatic rings. The second-order valence-electron chi connectivity index (χ2n) is 6.23. The molecule has 0 bridgehead atoms. The molecule has 136 valence electrons. The van der Waals surface area contributed by atoms with E-state index in [1.54, 1.807) is 19.6 Å². The average molecular weight is 361 g/mol. The minimum Gasteiger partial charge on any atom is -0.497 e. The van der Waals surface area contributed by atoms with Crippen LogP contribution in [-0.2, 0) is 11.2 Å². The number of hydrogen-bond acceptors (Lipinski definition) is 4. The molecule has 5 nitrogen and oxygen atoms in total. The van der Waals surface area contributed by atoms with Crippen LogP contribution in [0.25, 0.3) is 11.0 Å². The van der Waals surface area contributed by atoms with Gasteiger partial charge in [-0.1, -0.05) is 30.3 Å². The number of carbonyl (C=O) groups excluding carboxylic acids is 1. The van der Waals surface area contributed by atoms with Crippen molar-refractivity contribution in [1.82, 2.24) is 5.32 Å². The molecule has 0 saturated heterocycles. The molecule has 2 heterocycles. The van der Waals surface area contributed by atoms with Crippen LogP contribution < -0.4 is 10.1 Å². The van der Waals surface area contributed by atoms with Gasteiger partial charge in [-0.25, -0.2) is 0 Å². The van der Waals surface area contributed by atoms with Crippen molar-refractivity contribution in [2.24, 2.45) is 0 Å². The molecule has 4 rings (SSSR count). The third-order valence-electron chi connectivity index (χ3n) is 4.48. The van der Waals surface area contributed by atoms with E-state index in [0.29, 0.717) is 11.3 Å². The summed E-state index contributed by atoms with van der Waals surface area (Å²) in [6.45, 7) is 0. The molecule has 0 aliphatic heterocycles. The molecule has 2 aromatic carbocycles. The van der Waals surface area contributed by atoms with E-state index < -0.39 is 0 Å². The first-order valence-electron chi connectivity index (χ1n) is 8.66. The summed E-state index contributed by atoms with van der Waals surface area (Å²) in [5.74, 6) is 1.30. The first kappa shape index (κ1) is 17.0. The highest BCUT2D eigenvalue weighted by Gasteiger charge is 2.20. The number of furan rings is 2. The molecule has 5 heteroatoms. The quantitative estimate of drug-likeness (QED) is 0.550. The lowest BCUT2D eigenvalue weighted by Gasteiger charge is -2.17. The van der Waals surface area contributed by atoms with Crippen molar-refractivity contribution < 1.29 is 18.4 Å². The Labute approximate surface area is 156 Å². The predicted octanol–water partition coefficient (Wildman–Crippen LogP) is 4.48. The van der Waals surface area contributed by atoms with Gasteiger partial charge in [0.05, 0.1) is 26.1 Å². The zero-order chi connectivity index (χ0) is 18.6. The normalized spacial score (nSPS) is 12.0. The lowest BCUT2D eigenvalue weighted by molar-refractivity contribution is -0.121. The number of fused-ring (bicyclic) bond motifs is 1. The van der Waals surface area contributed by atoms with Gasteiger partial charge in [0.15, 0.2) is 0 Å². The van der Waals surface area contributed by atoms with Gasteiger partial charge in [0, 0.05) is 17.0 Å². The molecule has 1 atom stereocenters. The molecular weight excluding hydrogens is 342 g/mol. The third-order valence-corrected chi connectivity index (χ3v) is 4.48. The van der Waals surface area contributed by atoms with Crippen LogP contribution in [0.2, 0.25) is 0 Å². The summed E-state index contributed by atoms with van der Waals surface area (Å²) < 4.78 is 16.3. The fourth-order valence-electron chi connectivity index (χ4n) is 3.13. The highest BCUT2D eigenvalue weighted by Crippen LogP contribution is 2.27. The molecule has 0 aliphatic carbocycles. The zero-order valence-corrected chi connectivity index (χ0v) is 14.8.